The topological polar surface area (TPSA) is 34.1 Å². The molecule has 0 atom stereocenters. The van der Waals surface area contributed by atoms with Gasteiger partial charge in [-0.25, -0.2) is 0 Å². The Bertz CT molecular complexity index is 202. The van der Waals surface area contributed by atoms with Gasteiger partial charge in [0, 0.05) is 17.8 Å². The van der Waals surface area contributed by atoms with Gasteiger partial charge in [-0.2, -0.15) is 0 Å². The lowest BCUT2D eigenvalue weighted by atomic mass is 9.82. The Hall–Kier alpha value is -0.660. The Labute approximate surface area is 80.7 Å². The molecule has 0 spiro atoms. The van der Waals surface area contributed by atoms with Crippen LogP contribution in [0.4, 0.5) is 0 Å². The van der Waals surface area contributed by atoms with Crippen molar-refractivity contribution in [1.29, 1.82) is 0 Å². The van der Waals surface area contributed by atoms with E-state index in [2.05, 4.69) is 0 Å². The van der Waals surface area contributed by atoms with Crippen molar-refractivity contribution >= 4 is 11.6 Å². The molecule has 0 heterocycles. The van der Waals surface area contributed by atoms with Crippen LogP contribution in [0.15, 0.2) is 0 Å². The highest BCUT2D eigenvalue weighted by molar-refractivity contribution is 5.84. The minimum atomic E-state index is -0.343. The first-order valence-corrected chi connectivity index (χ1v) is 4.81. The molecule has 0 bridgehead atoms. The molecule has 0 radical (unpaired) electrons. The summed E-state index contributed by atoms with van der Waals surface area (Å²) in [4.78, 5) is 22.4. The second kappa shape index (κ2) is 4.54. The predicted octanol–water partition coefficient (Wildman–Crippen LogP) is 2.61. The largest absolute Gasteiger partial charge is 0.299 e. The van der Waals surface area contributed by atoms with Gasteiger partial charge >= 0.3 is 0 Å². The van der Waals surface area contributed by atoms with Gasteiger partial charge in [-0.3, -0.25) is 9.59 Å². The fourth-order valence-corrected chi connectivity index (χ4v) is 0.900. The van der Waals surface area contributed by atoms with E-state index < -0.39 is 0 Å². The van der Waals surface area contributed by atoms with E-state index in [1.807, 2.05) is 27.7 Å². The van der Waals surface area contributed by atoms with Crippen molar-refractivity contribution in [2.24, 2.45) is 11.3 Å². The van der Waals surface area contributed by atoms with Crippen molar-refractivity contribution in [2.75, 3.05) is 0 Å². The summed E-state index contributed by atoms with van der Waals surface area (Å²) in [5, 5.41) is 0. The fraction of sp³-hybridized carbons (Fsp3) is 0.818. The minimum absolute atomic E-state index is 0.0859. The highest BCUT2D eigenvalue weighted by Crippen LogP contribution is 2.24. The average molecular weight is 184 g/mol. The molecule has 0 rings (SSSR count). The van der Waals surface area contributed by atoms with Gasteiger partial charge in [0.2, 0.25) is 0 Å². The van der Waals surface area contributed by atoms with Crippen molar-refractivity contribution in [1.82, 2.24) is 0 Å². The van der Waals surface area contributed by atoms with Gasteiger partial charge in [-0.05, 0) is 13.3 Å². The average Bonchev–Trinajstić information content (AvgIpc) is 1.99. The van der Waals surface area contributed by atoms with Gasteiger partial charge in [0.05, 0.1) is 0 Å². The molecule has 0 aliphatic carbocycles. The SMILES string of the molecule is CC(=O)C(C)(C)CCC(=O)C(C)C. The molecule has 0 aromatic carbocycles. The van der Waals surface area contributed by atoms with Gasteiger partial charge in [-0.1, -0.05) is 27.7 Å². The molecule has 76 valence electrons. The first kappa shape index (κ1) is 12.3. The first-order chi connectivity index (χ1) is 5.77. The first-order valence-electron chi connectivity index (χ1n) is 4.81. The van der Waals surface area contributed by atoms with Crippen LogP contribution in [-0.2, 0) is 9.59 Å². The summed E-state index contributed by atoms with van der Waals surface area (Å²) in [5.41, 5.74) is -0.343. The zero-order chi connectivity index (χ0) is 10.6. The van der Waals surface area contributed by atoms with Crippen molar-refractivity contribution in [3.8, 4) is 0 Å². The van der Waals surface area contributed by atoms with E-state index >= 15 is 0 Å². The fourth-order valence-electron chi connectivity index (χ4n) is 0.900. The van der Waals surface area contributed by atoms with Crippen LogP contribution in [0.3, 0.4) is 0 Å². The zero-order valence-corrected chi connectivity index (χ0v) is 9.31. The molecular weight excluding hydrogens is 164 g/mol. The van der Waals surface area contributed by atoms with E-state index in [0.717, 1.165) is 0 Å². The summed E-state index contributed by atoms with van der Waals surface area (Å²) >= 11 is 0. The number of carbonyl (C=O) groups is 2. The monoisotopic (exact) mass is 184 g/mol. The Morgan fingerprint density at radius 3 is 2.00 bits per heavy atom. The molecule has 0 N–H and O–H groups in total. The molecule has 0 unspecified atom stereocenters. The van der Waals surface area contributed by atoms with Crippen molar-refractivity contribution in [3.05, 3.63) is 0 Å². The van der Waals surface area contributed by atoms with Crippen LogP contribution >= 0.6 is 0 Å². The maximum atomic E-state index is 11.3. The van der Waals surface area contributed by atoms with E-state index in [4.69, 9.17) is 0 Å². The molecule has 0 aromatic heterocycles. The van der Waals surface area contributed by atoms with E-state index in [1.54, 1.807) is 6.92 Å². The summed E-state index contributed by atoms with van der Waals surface area (Å²) in [6, 6.07) is 0. The van der Waals surface area contributed by atoms with Gasteiger partial charge in [0.1, 0.15) is 11.6 Å². The molecule has 0 saturated heterocycles. The van der Waals surface area contributed by atoms with Crippen molar-refractivity contribution in [3.63, 3.8) is 0 Å². The van der Waals surface area contributed by atoms with Crippen LogP contribution in [0.25, 0.3) is 0 Å². The molecule has 2 heteroatoms. The summed E-state index contributed by atoms with van der Waals surface area (Å²) < 4.78 is 0. The van der Waals surface area contributed by atoms with Gasteiger partial charge in [-0.15, -0.1) is 0 Å². The van der Waals surface area contributed by atoms with Gasteiger partial charge < -0.3 is 0 Å². The van der Waals surface area contributed by atoms with Crippen LogP contribution < -0.4 is 0 Å². The molecular formula is C11H20O2. The number of rotatable bonds is 5. The Morgan fingerprint density at radius 2 is 1.69 bits per heavy atom. The Kier molecular flexibility index (Phi) is 4.31. The molecule has 0 aliphatic rings. The summed E-state index contributed by atoms with van der Waals surface area (Å²) in [6.45, 7) is 9.15. The zero-order valence-electron chi connectivity index (χ0n) is 9.31. The number of carbonyl (C=O) groups excluding carboxylic acids is 2. The molecule has 13 heavy (non-hydrogen) atoms. The van der Waals surface area contributed by atoms with Gasteiger partial charge in [0.15, 0.2) is 0 Å². The highest BCUT2D eigenvalue weighted by Gasteiger charge is 2.24. The summed E-state index contributed by atoms with van der Waals surface area (Å²) in [7, 11) is 0. The number of hydrogen-bond donors (Lipinski definition) is 0. The van der Waals surface area contributed by atoms with Crippen LogP contribution in [0.1, 0.15) is 47.5 Å². The van der Waals surface area contributed by atoms with Crippen molar-refractivity contribution in [2.45, 2.75) is 47.5 Å². The lowest BCUT2D eigenvalue weighted by molar-refractivity contribution is -0.126. The smallest absolute Gasteiger partial charge is 0.135 e. The lowest BCUT2D eigenvalue weighted by Gasteiger charge is -2.20. The predicted molar refractivity (Wildman–Crippen MR) is 53.5 cm³/mol. The third kappa shape index (κ3) is 4.20. The van der Waals surface area contributed by atoms with Gasteiger partial charge in [0.25, 0.3) is 0 Å². The minimum Gasteiger partial charge on any atom is -0.299 e. The lowest BCUT2D eigenvalue weighted by Crippen LogP contribution is -2.23. The van der Waals surface area contributed by atoms with Crippen LogP contribution in [0.5, 0.6) is 0 Å². The maximum absolute atomic E-state index is 11.3. The second-order valence-electron chi connectivity index (χ2n) is 4.56. The molecule has 0 saturated carbocycles. The van der Waals surface area contributed by atoms with E-state index in [0.29, 0.717) is 12.8 Å². The molecule has 0 amide bonds. The standard InChI is InChI=1S/C11H20O2/c1-8(2)10(13)6-7-11(4,5)9(3)12/h8H,6-7H2,1-5H3. The Balaban J connectivity index is 4.03. The van der Waals surface area contributed by atoms with E-state index in [-0.39, 0.29) is 22.9 Å². The number of hydrogen-bond acceptors (Lipinski definition) is 2. The molecule has 0 aliphatic heterocycles. The highest BCUT2D eigenvalue weighted by atomic mass is 16.1. The van der Waals surface area contributed by atoms with E-state index in [1.165, 1.54) is 0 Å². The maximum Gasteiger partial charge on any atom is 0.135 e. The number of Topliss-reactive ketones (excluding diaryl/α,β-unsaturated/α-hetero) is 2. The second-order valence-corrected chi connectivity index (χ2v) is 4.56. The third-order valence-electron chi connectivity index (χ3n) is 2.59. The molecule has 0 aromatic rings. The summed E-state index contributed by atoms with van der Waals surface area (Å²) in [6.07, 6.45) is 1.18. The number of ketones is 2. The summed E-state index contributed by atoms with van der Waals surface area (Å²) in [5.74, 6) is 0.487. The van der Waals surface area contributed by atoms with Crippen LogP contribution in [-0.4, -0.2) is 11.6 Å². The van der Waals surface area contributed by atoms with Crippen LogP contribution in [0, 0.1) is 11.3 Å². The third-order valence-corrected chi connectivity index (χ3v) is 2.59. The Morgan fingerprint density at radius 1 is 1.23 bits per heavy atom. The molecule has 0 fully saturated rings. The normalized spacial score (nSPS) is 11.8. The quantitative estimate of drug-likeness (QED) is 0.658. The van der Waals surface area contributed by atoms with Crippen molar-refractivity contribution < 1.29 is 9.59 Å². The van der Waals surface area contributed by atoms with Crippen LogP contribution in [0.2, 0.25) is 0 Å². The molecule has 2 nitrogen and oxygen atoms in total. The van der Waals surface area contributed by atoms with E-state index in [9.17, 15) is 9.59 Å².